The van der Waals surface area contributed by atoms with Gasteiger partial charge in [-0.3, -0.25) is 4.79 Å². The normalized spacial score (nSPS) is 28.6. The molecule has 1 saturated carbocycles. The van der Waals surface area contributed by atoms with E-state index in [1.807, 2.05) is 0 Å². The van der Waals surface area contributed by atoms with Gasteiger partial charge in [-0.1, -0.05) is 25.7 Å². The first-order valence-corrected chi connectivity index (χ1v) is 9.92. The first-order valence-electron chi connectivity index (χ1n) is 9.92. The molecular weight excluding hydrogens is 288 g/mol. The Balaban J connectivity index is 1.33. The van der Waals surface area contributed by atoms with Crippen LogP contribution in [0.25, 0.3) is 0 Å². The van der Waals surface area contributed by atoms with E-state index in [2.05, 4.69) is 10.2 Å². The second-order valence-electron chi connectivity index (χ2n) is 7.83. The van der Waals surface area contributed by atoms with Crippen molar-refractivity contribution >= 4 is 5.91 Å². The molecule has 0 aromatic rings. The molecule has 132 valence electrons. The topological polar surface area (TPSA) is 41.6 Å². The Kier molecular flexibility index (Phi) is 6.76. The fraction of sp³-hybridized carbons (Fsp3) is 0.947. The van der Waals surface area contributed by atoms with Crippen LogP contribution in [0.15, 0.2) is 0 Å². The van der Waals surface area contributed by atoms with Crippen molar-refractivity contribution in [1.82, 2.24) is 10.2 Å². The summed E-state index contributed by atoms with van der Waals surface area (Å²) in [6.07, 6.45) is 12.2. The Hall–Kier alpha value is -0.610. The smallest absolute Gasteiger partial charge is 0.223 e. The quantitative estimate of drug-likeness (QED) is 0.791. The SMILES string of the molecule is O=C(NC1CCCCCC1)C1CCN(CC[C@H]2CCOC2)CC1. The number of carbonyl (C=O) groups excluding carboxylic acids is 1. The Bertz CT molecular complexity index is 352. The minimum absolute atomic E-state index is 0.254. The summed E-state index contributed by atoms with van der Waals surface area (Å²) >= 11 is 0. The maximum Gasteiger partial charge on any atom is 0.223 e. The molecule has 0 aromatic heterocycles. The molecule has 0 unspecified atom stereocenters. The van der Waals surface area contributed by atoms with Crippen molar-refractivity contribution in [2.24, 2.45) is 11.8 Å². The molecule has 0 aromatic carbocycles. The Morgan fingerprint density at radius 1 is 1.00 bits per heavy atom. The standard InChI is InChI=1S/C19H34N2O2/c22-19(20-18-5-3-1-2-4-6-18)17-8-12-21(13-9-17)11-7-16-10-14-23-15-16/h16-18H,1-15H2,(H,20,22)/t16-/m0/s1. The van der Waals surface area contributed by atoms with Crippen LogP contribution in [0, 0.1) is 11.8 Å². The molecule has 23 heavy (non-hydrogen) atoms. The van der Waals surface area contributed by atoms with Gasteiger partial charge in [-0.15, -0.1) is 0 Å². The molecule has 3 fully saturated rings. The summed E-state index contributed by atoms with van der Waals surface area (Å²) in [4.78, 5) is 15.1. The van der Waals surface area contributed by atoms with Gasteiger partial charge in [0.25, 0.3) is 0 Å². The van der Waals surface area contributed by atoms with E-state index in [0.717, 1.165) is 45.1 Å². The molecule has 2 heterocycles. The minimum Gasteiger partial charge on any atom is -0.381 e. The summed E-state index contributed by atoms with van der Waals surface area (Å²) in [5.41, 5.74) is 0. The molecule has 3 rings (SSSR count). The van der Waals surface area contributed by atoms with E-state index >= 15 is 0 Å². The summed E-state index contributed by atoms with van der Waals surface area (Å²) in [5, 5.41) is 3.35. The van der Waals surface area contributed by atoms with Gasteiger partial charge in [0.2, 0.25) is 5.91 Å². The maximum atomic E-state index is 12.5. The third-order valence-electron chi connectivity index (χ3n) is 6.04. The zero-order valence-electron chi connectivity index (χ0n) is 14.6. The van der Waals surface area contributed by atoms with Crippen LogP contribution in [0.1, 0.15) is 64.2 Å². The highest BCUT2D eigenvalue weighted by Gasteiger charge is 2.27. The van der Waals surface area contributed by atoms with Gasteiger partial charge in [-0.2, -0.15) is 0 Å². The summed E-state index contributed by atoms with van der Waals surface area (Å²) in [5.74, 6) is 1.36. The predicted octanol–water partition coefficient (Wildman–Crippen LogP) is 2.96. The van der Waals surface area contributed by atoms with E-state index in [9.17, 15) is 4.79 Å². The third kappa shape index (κ3) is 5.46. The van der Waals surface area contributed by atoms with Crippen LogP contribution in [-0.4, -0.2) is 49.7 Å². The number of hydrogen-bond acceptors (Lipinski definition) is 3. The van der Waals surface area contributed by atoms with E-state index in [1.165, 1.54) is 57.9 Å². The zero-order valence-corrected chi connectivity index (χ0v) is 14.6. The first-order chi connectivity index (χ1) is 11.3. The lowest BCUT2D eigenvalue weighted by molar-refractivity contribution is -0.127. The fourth-order valence-corrected chi connectivity index (χ4v) is 4.34. The number of rotatable bonds is 5. The highest BCUT2D eigenvalue weighted by Crippen LogP contribution is 2.22. The first kappa shape index (κ1) is 17.2. The van der Waals surface area contributed by atoms with Crippen molar-refractivity contribution in [2.75, 3.05) is 32.8 Å². The molecule has 1 N–H and O–H groups in total. The van der Waals surface area contributed by atoms with Crippen LogP contribution in [0.4, 0.5) is 0 Å². The van der Waals surface area contributed by atoms with E-state index < -0.39 is 0 Å². The number of likely N-dealkylation sites (tertiary alicyclic amines) is 1. The van der Waals surface area contributed by atoms with Gasteiger partial charge in [-0.05, 0) is 64.1 Å². The monoisotopic (exact) mass is 322 g/mol. The molecule has 4 heteroatoms. The van der Waals surface area contributed by atoms with Gasteiger partial charge < -0.3 is 15.0 Å². The molecule has 3 aliphatic rings. The lowest BCUT2D eigenvalue weighted by Crippen LogP contribution is -2.44. The highest BCUT2D eigenvalue weighted by molar-refractivity contribution is 5.79. The molecular formula is C19H34N2O2. The Labute approximate surface area is 141 Å². The summed E-state index contributed by atoms with van der Waals surface area (Å²) in [7, 11) is 0. The van der Waals surface area contributed by atoms with Crippen LogP contribution in [0.3, 0.4) is 0 Å². The molecule has 2 aliphatic heterocycles. The van der Waals surface area contributed by atoms with Crippen LogP contribution >= 0.6 is 0 Å². The van der Waals surface area contributed by atoms with Gasteiger partial charge in [0.05, 0.1) is 0 Å². The van der Waals surface area contributed by atoms with Gasteiger partial charge in [0, 0.05) is 25.2 Å². The van der Waals surface area contributed by atoms with Crippen LogP contribution in [0.5, 0.6) is 0 Å². The summed E-state index contributed by atoms with van der Waals surface area (Å²) in [6.45, 7) is 5.28. The number of amides is 1. The van der Waals surface area contributed by atoms with Crippen LogP contribution in [-0.2, 0) is 9.53 Å². The van der Waals surface area contributed by atoms with Gasteiger partial charge in [0.1, 0.15) is 0 Å². The lowest BCUT2D eigenvalue weighted by Gasteiger charge is -2.32. The average Bonchev–Trinajstić information content (AvgIpc) is 2.97. The zero-order chi connectivity index (χ0) is 15.9. The maximum absolute atomic E-state index is 12.5. The van der Waals surface area contributed by atoms with Crippen molar-refractivity contribution in [3.8, 4) is 0 Å². The molecule has 1 amide bonds. The van der Waals surface area contributed by atoms with Crippen LogP contribution < -0.4 is 5.32 Å². The highest BCUT2D eigenvalue weighted by atomic mass is 16.5. The molecule has 0 radical (unpaired) electrons. The summed E-state index contributed by atoms with van der Waals surface area (Å²) in [6, 6.07) is 0.449. The Morgan fingerprint density at radius 3 is 2.39 bits per heavy atom. The predicted molar refractivity (Wildman–Crippen MR) is 92.3 cm³/mol. The van der Waals surface area contributed by atoms with Gasteiger partial charge >= 0.3 is 0 Å². The van der Waals surface area contributed by atoms with Crippen molar-refractivity contribution < 1.29 is 9.53 Å². The van der Waals surface area contributed by atoms with Crippen molar-refractivity contribution in [2.45, 2.75) is 70.3 Å². The van der Waals surface area contributed by atoms with E-state index in [0.29, 0.717) is 11.9 Å². The summed E-state index contributed by atoms with van der Waals surface area (Å²) < 4.78 is 5.46. The lowest BCUT2D eigenvalue weighted by atomic mass is 9.94. The molecule has 4 nitrogen and oxygen atoms in total. The van der Waals surface area contributed by atoms with E-state index in [4.69, 9.17) is 4.74 Å². The molecule has 1 aliphatic carbocycles. The minimum atomic E-state index is 0.254. The van der Waals surface area contributed by atoms with E-state index in [1.54, 1.807) is 0 Å². The number of nitrogens with zero attached hydrogens (tertiary/aromatic N) is 1. The second kappa shape index (κ2) is 9.03. The fourth-order valence-electron chi connectivity index (χ4n) is 4.34. The number of ether oxygens (including phenoxy) is 1. The van der Waals surface area contributed by atoms with Crippen molar-refractivity contribution in [3.05, 3.63) is 0 Å². The molecule has 0 bridgehead atoms. The number of nitrogens with one attached hydrogen (secondary N) is 1. The molecule has 0 spiro atoms. The van der Waals surface area contributed by atoms with Crippen molar-refractivity contribution in [1.29, 1.82) is 0 Å². The third-order valence-corrected chi connectivity index (χ3v) is 6.04. The number of piperidine rings is 1. The largest absolute Gasteiger partial charge is 0.381 e. The second-order valence-corrected chi connectivity index (χ2v) is 7.83. The average molecular weight is 322 g/mol. The van der Waals surface area contributed by atoms with Gasteiger partial charge in [-0.25, -0.2) is 0 Å². The van der Waals surface area contributed by atoms with E-state index in [-0.39, 0.29) is 5.92 Å². The Morgan fingerprint density at radius 2 is 1.74 bits per heavy atom. The molecule has 2 saturated heterocycles. The van der Waals surface area contributed by atoms with Gasteiger partial charge in [0.15, 0.2) is 0 Å². The number of hydrogen-bond donors (Lipinski definition) is 1. The van der Waals surface area contributed by atoms with Crippen molar-refractivity contribution in [3.63, 3.8) is 0 Å². The van der Waals surface area contributed by atoms with Crippen LogP contribution in [0.2, 0.25) is 0 Å². The molecule has 1 atom stereocenters. The number of carbonyl (C=O) groups is 1.